The van der Waals surface area contributed by atoms with Crippen molar-refractivity contribution >= 4 is 10.3 Å². The second kappa shape index (κ2) is 7.34. The zero-order chi connectivity index (χ0) is 12.6. The first-order chi connectivity index (χ1) is 8.17. The third-order valence-corrected chi connectivity index (χ3v) is 3.43. The Morgan fingerprint density at radius 3 is 2.29 bits per heavy atom. The van der Waals surface area contributed by atoms with E-state index in [1.165, 1.54) is 12.4 Å². The fraction of sp³-hybridized carbons (Fsp3) is 0.545. The van der Waals surface area contributed by atoms with Crippen LogP contribution in [0.4, 0.5) is 4.39 Å². The van der Waals surface area contributed by atoms with Gasteiger partial charge in [-0.05, 0) is 12.8 Å². The number of hydrogen-bond acceptors (Lipinski definition) is 3. The van der Waals surface area contributed by atoms with Crippen molar-refractivity contribution in [1.29, 1.82) is 0 Å². The van der Waals surface area contributed by atoms with E-state index in [-0.39, 0.29) is 13.3 Å². The molecule has 17 heavy (non-hydrogen) atoms. The zero-order valence-corrected chi connectivity index (χ0v) is 10.4. The van der Waals surface area contributed by atoms with Gasteiger partial charge in [0.25, 0.3) is 0 Å². The molecule has 0 radical (unpaired) electrons. The van der Waals surface area contributed by atoms with E-state index >= 15 is 0 Å². The predicted octanol–water partition coefficient (Wildman–Crippen LogP) is 1.61. The van der Waals surface area contributed by atoms with E-state index < -0.39 is 10.3 Å². The largest absolute Gasteiger partial charge is 0.513 e. The van der Waals surface area contributed by atoms with Crippen LogP contribution in [0.15, 0.2) is 30.6 Å². The van der Waals surface area contributed by atoms with Gasteiger partial charge in [-0.2, -0.15) is 0 Å². The maximum Gasteiger partial charge on any atom is 0.513 e. The van der Waals surface area contributed by atoms with Gasteiger partial charge in [0.15, 0.2) is 12.4 Å². The van der Waals surface area contributed by atoms with E-state index in [9.17, 15) is 12.8 Å². The van der Waals surface area contributed by atoms with Gasteiger partial charge in [-0.3, -0.25) is 4.39 Å². The van der Waals surface area contributed by atoms with E-state index in [0.29, 0.717) is 12.8 Å². The minimum absolute atomic E-state index is 0.135. The first-order valence-corrected chi connectivity index (χ1v) is 6.95. The Morgan fingerprint density at radius 1 is 1.00 bits per heavy atom. The molecular weight excluding hydrogens is 245 g/mol. The standard InChI is InChI=1S/C11H17FNO3S/c12-8-4-1-2-7-11-16-17(14,15)13-9-5-3-6-10-13/h3,5-6,9-10H,1-2,4,7-8,11H2/q+1. The minimum atomic E-state index is -3.71. The Labute approximate surface area is 101 Å². The highest BCUT2D eigenvalue weighted by Gasteiger charge is 2.21. The van der Waals surface area contributed by atoms with Gasteiger partial charge in [-0.15, -0.1) is 8.42 Å². The number of pyridine rings is 1. The molecule has 0 unspecified atom stereocenters. The topological polar surface area (TPSA) is 47.3 Å². The van der Waals surface area contributed by atoms with Gasteiger partial charge in [-0.1, -0.05) is 22.9 Å². The van der Waals surface area contributed by atoms with E-state index in [0.717, 1.165) is 16.8 Å². The molecular formula is C11H17FNO3S+. The predicted molar refractivity (Wildman–Crippen MR) is 61.3 cm³/mol. The molecule has 4 nitrogen and oxygen atoms in total. The van der Waals surface area contributed by atoms with Crippen LogP contribution in [0.5, 0.6) is 0 Å². The van der Waals surface area contributed by atoms with Crippen LogP contribution in [0, 0.1) is 0 Å². The molecule has 1 aromatic heterocycles. The Kier molecular flexibility index (Phi) is 6.07. The maximum atomic E-state index is 11.8. The number of unbranched alkanes of at least 4 members (excludes halogenated alkanes) is 3. The summed E-state index contributed by atoms with van der Waals surface area (Å²) in [6, 6.07) is 4.95. The Morgan fingerprint density at radius 2 is 1.65 bits per heavy atom. The van der Waals surface area contributed by atoms with Crippen molar-refractivity contribution in [3.05, 3.63) is 30.6 Å². The van der Waals surface area contributed by atoms with Crippen molar-refractivity contribution in [2.24, 2.45) is 0 Å². The molecule has 0 bridgehead atoms. The Bertz CT molecular complexity index is 408. The van der Waals surface area contributed by atoms with E-state index in [1.807, 2.05) is 0 Å². The van der Waals surface area contributed by atoms with Crippen molar-refractivity contribution in [2.75, 3.05) is 13.3 Å². The van der Waals surface area contributed by atoms with Crippen LogP contribution < -0.4 is 3.97 Å². The highest BCUT2D eigenvalue weighted by atomic mass is 32.2. The first-order valence-electron chi connectivity index (χ1n) is 5.59. The molecule has 0 fully saturated rings. The van der Waals surface area contributed by atoms with Gasteiger partial charge >= 0.3 is 10.3 Å². The third kappa shape index (κ3) is 5.23. The summed E-state index contributed by atoms with van der Waals surface area (Å²) in [6.07, 6.45) is 5.51. The van der Waals surface area contributed by atoms with E-state index in [1.54, 1.807) is 18.2 Å². The average molecular weight is 262 g/mol. The molecule has 1 heterocycles. The molecule has 0 N–H and O–H groups in total. The fourth-order valence-electron chi connectivity index (χ4n) is 1.31. The van der Waals surface area contributed by atoms with Gasteiger partial charge in [0.1, 0.15) is 0 Å². The van der Waals surface area contributed by atoms with Crippen LogP contribution in [0.2, 0.25) is 0 Å². The third-order valence-electron chi connectivity index (χ3n) is 2.21. The number of nitrogens with zero attached hydrogens (tertiary/aromatic N) is 1. The van der Waals surface area contributed by atoms with E-state index in [4.69, 9.17) is 4.18 Å². The first kappa shape index (κ1) is 14.1. The monoisotopic (exact) mass is 262 g/mol. The second-order valence-corrected chi connectivity index (χ2v) is 5.10. The summed E-state index contributed by atoms with van der Waals surface area (Å²) < 4.78 is 40.8. The molecule has 96 valence electrons. The molecule has 1 aromatic rings. The van der Waals surface area contributed by atoms with Gasteiger partial charge in [0.05, 0.1) is 13.3 Å². The van der Waals surface area contributed by atoms with Gasteiger partial charge in [0.2, 0.25) is 0 Å². The molecule has 0 aliphatic heterocycles. The van der Waals surface area contributed by atoms with Crippen LogP contribution in [-0.4, -0.2) is 21.7 Å². The van der Waals surface area contributed by atoms with Gasteiger partial charge in [-0.25, -0.2) is 4.18 Å². The van der Waals surface area contributed by atoms with Crippen molar-refractivity contribution < 1.29 is 21.0 Å². The summed E-state index contributed by atoms with van der Waals surface area (Å²) in [5, 5.41) is 0. The summed E-state index contributed by atoms with van der Waals surface area (Å²) in [5.41, 5.74) is 0. The van der Waals surface area contributed by atoms with Crippen LogP contribution >= 0.6 is 0 Å². The van der Waals surface area contributed by atoms with Crippen LogP contribution in [0.25, 0.3) is 0 Å². The lowest BCUT2D eigenvalue weighted by atomic mass is 10.2. The van der Waals surface area contributed by atoms with E-state index in [2.05, 4.69) is 0 Å². The summed E-state index contributed by atoms with van der Waals surface area (Å²) in [6.45, 7) is -0.185. The van der Waals surface area contributed by atoms with Crippen molar-refractivity contribution in [3.8, 4) is 0 Å². The SMILES string of the molecule is O=S(=O)(OCCCCCCF)[n+]1ccccc1. The molecule has 0 saturated carbocycles. The maximum absolute atomic E-state index is 11.8. The highest BCUT2D eigenvalue weighted by molar-refractivity contribution is 7.80. The number of aromatic nitrogens is 1. The Hall–Kier alpha value is -1.01. The van der Waals surface area contributed by atoms with Gasteiger partial charge < -0.3 is 0 Å². The Balaban J connectivity index is 2.31. The van der Waals surface area contributed by atoms with Gasteiger partial charge in [0, 0.05) is 12.1 Å². The number of rotatable bonds is 8. The minimum Gasteiger partial charge on any atom is -0.251 e. The fourth-order valence-corrected chi connectivity index (χ4v) is 2.20. The molecule has 6 heteroatoms. The number of hydrogen-bond donors (Lipinski definition) is 0. The molecule has 0 aliphatic carbocycles. The molecule has 0 aliphatic rings. The van der Waals surface area contributed by atoms with Crippen LogP contribution in [0.3, 0.4) is 0 Å². The molecule has 0 aromatic carbocycles. The number of alkyl halides is 1. The van der Waals surface area contributed by atoms with Crippen molar-refractivity contribution in [3.63, 3.8) is 0 Å². The molecule has 0 saturated heterocycles. The summed E-state index contributed by atoms with van der Waals surface area (Å²) in [5.74, 6) is 0. The lowest BCUT2D eigenvalue weighted by Crippen LogP contribution is -2.43. The molecule has 0 spiro atoms. The average Bonchev–Trinajstić information content (AvgIpc) is 2.35. The number of halogens is 1. The molecule has 1 rings (SSSR count). The summed E-state index contributed by atoms with van der Waals surface area (Å²) in [4.78, 5) is 0. The van der Waals surface area contributed by atoms with Crippen LogP contribution in [-0.2, 0) is 14.5 Å². The van der Waals surface area contributed by atoms with Crippen molar-refractivity contribution in [1.82, 2.24) is 0 Å². The zero-order valence-electron chi connectivity index (χ0n) is 9.59. The molecule has 0 atom stereocenters. The summed E-state index contributed by atoms with van der Waals surface area (Å²) in [7, 11) is -3.71. The lowest BCUT2D eigenvalue weighted by molar-refractivity contribution is -0.520. The smallest absolute Gasteiger partial charge is 0.251 e. The lowest BCUT2D eigenvalue weighted by Gasteiger charge is -2.00. The quantitative estimate of drug-likeness (QED) is 0.528. The second-order valence-electron chi connectivity index (χ2n) is 3.59. The highest BCUT2D eigenvalue weighted by Crippen LogP contribution is 2.01. The normalized spacial score (nSPS) is 11.6. The molecule has 0 amide bonds. The van der Waals surface area contributed by atoms with Crippen molar-refractivity contribution in [2.45, 2.75) is 25.7 Å². The summed E-state index contributed by atoms with van der Waals surface area (Å²) >= 11 is 0. The van der Waals surface area contributed by atoms with Crippen LogP contribution in [0.1, 0.15) is 25.7 Å².